The summed E-state index contributed by atoms with van der Waals surface area (Å²) in [7, 11) is 0. The highest BCUT2D eigenvalue weighted by Gasteiger charge is 2.18. The van der Waals surface area contributed by atoms with Crippen LogP contribution >= 0.6 is 0 Å². The smallest absolute Gasteiger partial charge is 0.224 e. The van der Waals surface area contributed by atoms with E-state index in [0.29, 0.717) is 12.5 Å². The molecular weight excluding hydrogens is 262 g/mol. The first-order valence-electron chi connectivity index (χ1n) is 7.90. The minimum atomic E-state index is 0.115. The van der Waals surface area contributed by atoms with Crippen LogP contribution in [0.2, 0.25) is 0 Å². The molecule has 1 aromatic carbocycles. The van der Waals surface area contributed by atoms with Crippen molar-refractivity contribution < 1.29 is 9.21 Å². The molecule has 1 aliphatic rings. The SMILES string of the molecule is Cc1cc(C)c2c(CC(=O)NC3CCCCC3)coc2c1. The Labute approximate surface area is 125 Å². The molecule has 0 unspecified atom stereocenters. The van der Waals surface area contributed by atoms with Gasteiger partial charge < -0.3 is 9.73 Å². The van der Waals surface area contributed by atoms with Crippen LogP contribution in [0, 0.1) is 13.8 Å². The van der Waals surface area contributed by atoms with Crippen molar-refractivity contribution >= 4 is 16.9 Å². The molecule has 1 N–H and O–H groups in total. The minimum absolute atomic E-state index is 0.115. The molecule has 1 fully saturated rings. The van der Waals surface area contributed by atoms with Crippen LogP contribution in [0.1, 0.15) is 48.8 Å². The molecule has 1 heterocycles. The zero-order valence-electron chi connectivity index (χ0n) is 12.9. The van der Waals surface area contributed by atoms with Gasteiger partial charge in [-0.05, 0) is 43.9 Å². The molecule has 0 saturated heterocycles. The quantitative estimate of drug-likeness (QED) is 0.924. The summed E-state index contributed by atoms with van der Waals surface area (Å²) >= 11 is 0. The van der Waals surface area contributed by atoms with E-state index in [-0.39, 0.29) is 5.91 Å². The maximum absolute atomic E-state index is 12.2. The molecule has 3 heteroatoms. The Morgan fingerprint density at radius 1 is 1.24 bits per heavy atom. The van der Waals surface area contributed by atoms with E-state index in [1.807, 2.05) is 6.07 Å². The van der Waals surface area contributed by atoms with Gasteiger partial charge in [-0.25, -0.2) is 0 Å². The molecule has 0 atom stereocenters. The van der Waals surface area contributed by atoms with E-state index in [2.05, 4.69) is 25.2 Å². The summed E-state index contributed by atoms with van der Waals surface area (Å²) in [5.41, 5.74) is 4.25. The Morgan fingerprint density at radius 2 is 2.00 bits per heavy atom. The van der Waals surface area contributed by atoms with Crippen molar-refractivity contribution in [3.8, 4) is 0 Å². The van der Waals surface area contributed by atoms with Gasteiger partial charge in [-0.3, -0.25) is 4.79 Å². The van der Waals surface area contributed by atoms with Gasteiger partial charge in [0.25, 0.3) is 0 Å². The number of rotatable bonds is 3. The molecule has 3 rings (SSSR count). The lowest BCUT2D eigenvalue weighted by molar-refractivity contribution is -0.121. The van der Waals surface area contributed by atoms with E-state index in [0.717, 1.165) is 29.4 Å². The van der Waals surface area contributed by atoms with Gasteiger partial charge in [0.2, 0.25) is 5.91 Å². The van der Waals surface area contributed by atoms with Crippen LogP contribution in [0.3, 0.4) is 0 Å². The molecule has 1 amide bonds. The van der Waals surface area contributed by atoms with Crippen molar-refractivity contribution in [1.82, 2.24) is 5.32 Å². The molecule has 2 aromatic rings. The van der Waals surface area contributed by atoms with Crippen LogP contribution < -0.4 is 5.32 Å². The van der Waals surface area contributed by atoms with Crippen LogP contribution in [0.4, 0.5) is 0 Å². The number of hydrogen-bond donors (Lipinski definition) is 1. The Hall–Kier alpha value is -1.77. The fraction of sp³-hybridized carbons (Fsp3) is 0.500. The summed E-state index contributed by atoms with van der Waals surface area (Å²) in [4.78, 5) is 12.2. The highest BCUT2D eigenvalue weighted by atomic mass is 16.3. The van der Waals surface area contributed by atoms with E-state index in [1.54, 1.807) is 6.26 Å². The van der Waals surface area contributed by atoms with Crippen LogP contribution in [0.25, 0.3) is 11.0 Å². The number of nitrogens with one attached hydrogen (secondary N) is 1. The molecule has 0 aliphatic heterocycles. The average Bonchev–Trinajstić information content (AvgIpc) is 2.82. The van der Waals surface area contributed by atoms with Crippen LogP contribution in [0.5, 0.6) is 0 Å². The summed E-state index contributed by atoms with van der Waals surface area (Å²) in [6.45, 7) is 4.14. The Kier molecular flexibility index (Phi) is 4.00. The van der Waals surface area contributed by atoms with Crippen molar-refractivity contribution in [3.05, 3.63) is 35.1 Å². The summed E-state index contributed by atoms with van der Waals surface area (Å²) in [5.74, 6) is 0.115. The number of carbonyl (C=O) groups is 1. The second-order valence-corrected chi connectivity index (χ2v) is 6.30. The number of hydrogen-bond acceptors (Lipinski definition) is 2. The summed E-state index contributed by atoms with van der Waals surface area (Å²) in [6, 6.07) is 4.54. The lowest BCUT2D eigenvalue weighted by atomic mass is 9.95. The second-order valence-electron chi connectivity index (χ2n) is 6.30. The van der Waals surface area contributed by atoms with Gasteiger partial charge in [0.05, 0.1) is 12.7 Å². The molecule has 1 aliphatic carbocycles. The van der Waals surface area contributed by atoms with E-state index < -0.39 is 0 Å². The van der Waals surface area contributed by atoms with E-state index >= 15 is 0 Å². The highest BCUT2D eigenvalue weighted by Crippen LogP contribution is 2.26. The standard InChI is InChI=1S/C18H23NO2/c1-12-8-13(2)18-14(11-21-16(18)9-12)10-17(20)19-15-6-4-3-5-7-15/h8-9,11,15H,3-7,10H2,1-2H3,(H,19,20). The Morgan fingerprint density at radius 3 is 2.76 bits per heavy atom. The minimum Gasteiger partial charge on any atom is -0.464 e. The number of furan rings is 1. The van der Waals surface area contributed by atoms with Crippen molar-refractivity contribution in [2.45, 2.75) is 58.4 Å². The molecule has 21 heavy (non-hydrogen) atoms. The van der Waals surface area contributed by atoms with Crippen molar-refractivity contribution in [1.29, 1.82) is 0 Å². The third-order valence-corrected chi connectivity index (χ3v) is 4.41. The Balaban J connectivity index is 1.74. The first-order valence-corrected chi connectivity index (χ1v) is 7.90. The lowest BCUT2D eigenvalue weighted by Crippen LogP contribution is -2.37. The second kappa shape index (κ2) is 5.92. The molecule has 0 bridgehead atoms. The highest BCUT2D eigenvalue weighted by molar-refractivity contribution is 5.90. The third kappa shape index (κ3) is 3.12. The number of aryl methyl sites for hydroxylation is 2. The number of carbonyl (C=O) groups excluding carboxylic acids is 1. The molecule has 1 aromatic heterocycles. The fourth-order valence-electron chi connectivity index (χ4n) is 3.46. The van der Waals surface area contributed by atoms with Crippen molar-refractivity contribution in [2.24, 2.45) is 0 Å². The van der Waals surface area contributed by atoms with E-state index in [4.69, 9.17) is 4.42 Å². The van der Waals surface area contributed by atoms with Gasteiger partial charge in [0, 0.05) is 17.0 Å². The normalized spacial score (nSPS) is 16.3. The van der Waals surface area contributed by atoms with Crippen LogP contribution in [0.15, 0.2) is 22.8 Å². The van der Waals surface area contributed by atoms with Gasteiger partial charge in [0.15, 0.2) is 0 Å². The third-order valence-electron chi connectivity index (χ3n) is 4.41. The fourth-order valence-corrected chi connectivity index (χ4v) is 3.46. The maximum Gasteiger partial charge on any atom is 0.224 e. The van der Waals surface area contributed by atoms with Crippen molar-refractivity contribution in [3.63, 3.8) is 0 Å². The Bertz CT molecular complexity index is 651. The number of benzene rings is 1. The van der Waals surface area contributed by atoms with Crippen LogP contribution in [-0.4, -0.2) is 11.9 Å². The van der Waals surface area contributed by atoms with Gasteiger partial charge in [0.1, 0.15) is 5.58 Å². The van der Waals surface area contributed by atoms with Gasteiger partial charge in [-0.15, -0.1) is 0 Å². The topological polar surface area (TPSA) is 42.2 Å². The molecular formula is C18H23NO2. The predicted molar refractivity (Wildman–Crippen MR) is 84.4 cm³/mol. The largest absolute Gasteiger partial charge is 0.464 e. The average molecular weight is 285 g/mol. The number of fused-ring (bicyclic) bond motifs is 1. The van der Waals surface area contributed by atoms with E-state index in [1.165, 1.54) is 30.4 Å². The first kappa shape index (κ1) is 14.2. The van der Waals surface area contributed by atoms with E-state index in [9.17, 15) is 4.79 Å². The predicted octanol–water partition coefficient (Wildman–Crippen LogP) is 4.04. The summed E-state index contributed by atoms with van der Waals surface area (Å²) in [5, 5.41) is 4.27. The monoisotopic (exact) mass is 285 g/mol. The molecule has 0 radical (unpaired) electrons. The summed E-state index contributed by atoms with van der Waals surface area (Å²) in [6.07, 6.45) is 8.16. The van der Waals surface area contributed by atoms with Crippen molar-refractivity contribution in [2.75, 3.05) is 0 Å². The molecule has 0 spiro atoms. The summed E-state index contributed by atoms with van der Waals surface area (Å²) < 4.78 is 5.62. The zero-order valence-corrected chi connectivity index (χ0v) is 12.9. The lowest BCUT2D eigenvalue weighted by Gasteiger charge is -2.22. The van der Waals surface area contributed by atoms with Gasteiger partial charge in [-0.2, -0.15) is 0 Å². The van der Waals surface area contributed by atoms with Crippen LogP contribution in [-0.2, 0) is 11.2 Å². The maximum atomic E-state index is 12.2. The molecule has 1 saturated carbocycles. The molecule has 112 valence electrons. The first-order chi connectivity index (χ1) is 10.1. The van der Waals surface area contributed by atoms with Gasteiger partial charge in [-0.1, -0.05) is 25.3 Å². The van der Waals surface area contributed by atoms with Gasteiger partial charge >= 0.3 is 0 Å². The number of amides is 1. The molecule has 3 nitrogen and oxygen atoms in total. The zero-order chi connectivity index (χ0) is 14.8.